The molecule has 2 aromatic carbocycles. The lowest BCUT2D eigenvalue weighted by molar-refractivity contribution is -0.389. The highest BCUT2D eigenvalue weighted by atomic mass is 19.1. The number of aromatic nitrogens is 2. The molecule has 3 aromatic rings. The highest BCUT2D eigenvalue weighted by Crippen LogP contribution is 2.24. The summed E-state index contributed by atoms with van der Waals surface area (Å²) in [5.41, 5.74) is 1.90. The summed E-state index contributed by atoms with van der Waals surface area (Å²) in [5, 5.41) is 10.8. The molecule has 1 atom stereocenters. The Kier molecular flexibility index (Phi) is 5.39. The second kappa shape index (κ2) is 8.27. The van der Waals surface area contributed by atoms with Crippen LogP contribution in [0.4, 0.5) is 10.2 Å². The number of nitro groups is 1. The summed E-state index contributed by atoms with van der Waals surface area (Å²) in [5.74, 6) is 0.194. The molecule has 2 heterocycles. The number of rotatable bonds is 7. The second-order valence-corrected chi connectivity index (χ2v) is 6.47. The van der Waals surface area contributed by atoms with Gasteiger partial charge in [0.2, 0.25) is 0 Å². The zero-order valence-corrected chi connectivity index (χ0v) is 15.4. The SMILES string of the molecule is O=[N+]([O-])c1cn2c(n1)OC[C@@H](OCCOc1ccc(-c3ccc(F)cc3)cc1)C2. The lowest BCUT2D eigenvalue weighted by Crippen LogP contribution is -2.33. The molecular weight excluding hydrogens is 381 g/mol. The number of fused-ring (bicyclic) bond motifs is 1. The van der Waals surface area contributed by atoms with Crippen LogP contribution in [0.15, 0.2) is 54.7 Å². The van der Waals surface area contributed by atoms with E-state index in [1.807, 2.05) is 24.3 Å². The van der Waals surface area contributed by atoms with E-state index in [-0.39, 0.29) is 30.4 Å². The van der Waals surface area contributed by atoms with Gasteiger partial charge in [-0.2, -0.15) is 0 Å². The van der Waals surface area contributed by atoms with Crippen molar-refractivity contribution in [3.05, 3.63) is 70.7 Å². The normalized spacial score (nSPS) is 15.4. The van der Waals surface area contributed by atoms with E-state index in [9.17, 15) is 14.5 Å². The highest BCUT2D eigenvalue weighted by molar-refractivity contribution is 5.63. The summed E-state index contributed by atoms with van der Waals surface area (Å²) in [4.78, 5) is 14.0. The van der Waals surface area contributed by atoms with Crippen molar-refractivity contribution in [3.8, 4) is 22.9 Å². The quantitative estimate of drug-likeness (QED) is 0.343. The van der Waals surface area contributed by atoms with Crippen LogP contribution in [0.25, 0.3) is 11.1 Å². The van der Waals surface area contributed by atoms with Crippen molar-refractivity contribution in [2.24, 2.45) is 0 Å². The second-order valence-electron chi connectivity index (χ2n) is 6.47. The van der Waals surface area contributed by atoms with Gasteiger partial charge in [0.05, 0.1) is 13.2 Å². The summed E-state index contributed by atoms with van der Waals surface area (Å²) >= 11 is 0. The van der Waals surface area contributed by atoms with Crippen molar-refractivity contribution in [1.82, 2.24) is 9.55 Å². The van der Waals surface area contributed by atoms with Crippen molar-refractivity contribution in [3.63, 3.8) is 0 Å². The van der Waals surface area contributed by atoms with Crippen molar-refractivity contribution in [2.45, 2.75) is 12.6 Å². The summed E-state index contributed by atoms with van der Waals surface area (Å²) in [7, 11) is 0. The molecule has 0 unspecified atom stereocenters. The van der Waals surface area contributed by atoms with Crippen molar-refractivity contribution >= 4 is 5.82 Å². The minimum atomic E-state index is -0.556. The molecule has 1 aliphatic rings. The van der Waals surface area contributed by atoms with Gasteiger partial charge in [-0.05, 0) is 40.3 Å². The lowest BCUT2D eigenvalue weighted by Gasteiger charge is -2.22. The third kappa shape index (κ3) is 4.52. The Morgan fingerprint density at radius 3 is 2.52 bits per heavy atom. The Balaban J connectivity index is 1.23. The molecule has 0 bridgehead atoms. The van der Waals surface area contributed by atoms with Gasteiger partial charge in [-0.1, -0.05) is 24.3 Å². The maximum atomic E-state index is 13.0. The Bertz CT molecular complexity index is 988. The van der Waals surface area contributed by atoms with Crippen LogP contribution in [0.1, 0.15) is 0 Å². The number of halogens is 1. The standard InChI is InChI=1S/C20H18FN3O5/c21-16-5-1-14(2-6-16)15-3-7-17(8-4-15)27-9-10-28-18-11-23-12-19(24(25)26)22-20(23)29-13-18/h1-8,12,18H,9-11,13H2/t18-/m0/s1. The Morgan fingerprint density at radius 1 is 1.14 bits per heavy atom. The molecule has 0 N–H and O–H groups in total. The number of nitrogens with zero attached hydrogens (tertiary/aromatic N) is 3. The maximum absolute atomic E-state index is 13.0. The number of hydrogen-bond acceptors (Lipinski definition) is 6. The van der Waals surface area contributed by atoms with Crippen LogP contribution in [0.3, 0.4) is 0 Å². The summed E-state index contributed by atoms with van der Waals surface area (Å²) in [6.07, 6.45) is 1.10. The molecule has 1 aromatic heterocycles. The molecule has 0 saturated carbocycles. The van der Waals surface area contributed by atoms with Crippen LogP contribution in [0.2, 0.25) is 0 Å². The first kappa shape index (κ1) is 18.9. The van der Waals surface area contributed by atoms with Gasteiger partial charge in [0.1, 0.15) is 37.1 Å². The molecule has 0 fully saturated rings. The molecule has 4 rings (SSSR count). The largest absolute Gasteiger partial charge is 0.491 e. The van der Waals surface area contributed by atoms with E-state index >= 15 is 0 Å². The van der Waals surface area contributed by atoms with Crippen LogP contribution in [-0.4, -0.2) is 40.4 Å². The van der Waals surface area contributed by atoms with E-state index < -0.39 is 4.92 Å². The van der Waals surface area contributed by atoms with Crippen molar-refractivity contribution < 1.29 is 23.5 Å². The third-order valence-corrected chi connectivity index (χ3v) is 4.45. The molecule has 150 valence electrons. The third-order valence-electron chi connectivity index (χ3n) is 4.45. The zero-order valence-electron chi connectivity index (χ0n) is 15.4. The first-order chi connectivity index (χ1) is 14.1. The monoisotopic (exact) mass is 399 g/mol. The summed E-state index contributed by atoms with van der Waals surface area (Å²) in [6, 6.07) is 14.1. The molecule has 0 spiro atoms. The molecule has 9 heteroatoms. The Morgan fingerprint density at radius 2 is 1.83 bits per heavy atom. The fourth-order valence-corrected chi connectivity index (χ4v) is 3.02. The van der Waals surface area contributed by atoms with Gasteiger partial charge in [0, 0.05) is 4.98 Å². The van der Waals surface area contributed by atoms with Gasteiger partial charge < -0.3 is 24.3 Å². The number of hydrogen-bond donors (Lipinski definition) is 0. The van der Waals surface area contributed by atoms with E-state index in [2.05, 4.69) is 4.98 Å². The number of ether oxygens (including phenoxy) is 3. The first-order valence-corrected chi connectivity index (χ1v) is 9.03. The molecule has 0 radical (unpaired) electrons. The lowest BCUT2D eigenvalue weighted by atomic mass is 10.1. The van der Waals surface area contributed by atoms with Gasteiger partial charge in [-0.15, -0.1) is 0 Å². The van der Waals surface area contributed by atoms with E-state index in [0.717, 1.165) is 11.1 Å². The van der Waals surface area contributed by atoms with Crippen LogP contribution < -0.4 is 9.47 Å². The van der Waals surface area contributed by atoms with E-state index in [0.29, 0.717) is 25.5 Å². The van der Waals surface area contributed by atoms with Crippen LogP contribution in [0.5, 0.6) is 11.8 Å². The number of benzene rings is 2. The van der Waals surface area contributed by atoms with Gasteiger partial charge in [-0.3, -0.25) is 4.57 Å². The predicted molar refractivity (Wildman–Crippen MR) is 101 cm³/mol. The van der Waals surface area contributed by atoms with Crippen LogP contribution in [-0.2, 0) is 11.3 Å². The summed E-state index contributed by atoms with van der Waals surface area (Å²) < 4.78 is 31.4. The van der Waals surface area contributed by atoms with Crippen molar-refractivity contribution in [1.29, 1.82) is 0 Å². The maximum Gasteiger partial charge on any atom is 0.414 e. The predicted octanol–water partition coefficient (Wildman–Crippen LogP) is 3.45. The zero-order chi connectivity index (χ0) is 20.2. The van der Waals surface area contributed by atoms with Crippen LogP contribution >= 0.6 is 0 Å². The molecule has 0 amide bonds. The van der Waals surface area contributed by atoms with E-state index in [1.165, 1.54) is 18.3 Å². The van der Waals surface area contributed by atoms with Gasteiger partial charge in [-0.25, -0.2) is 4.39 Å². The smallest absolute Gasteiger partial charge is 0.414 e. The fourth-order valence-electron chi connectivity index (χ4n) is 3.02. The van der Waals surface area contributed by atoms with Gasteiger partial charge in [0.15, 0.2) is 0 Å². The van der Waals surface area contributed by atoms with E-state index in [1.54, 1.807) is 16.7 Å². The molecule has 0 aliphatic carbocycles. The molecule has 29 heavy (non-hydrogen) atoms. The molecular formula is C20H18FN3O5. The fraction of sp³-hybridized carbons (Fsp3) is 0.250. The average molecular weight is 399 g/mol. The molecule has 0 saturated heterocycles. The highest BCUT2D eigenvalue weighted by Gasteiger charge is 2.28. The number of imidazole rings is 1. The molecule has 8 nitrogen and oxygen atoms in total. The van der Waals surface area contributed by atoms with E-state index in [4.69, 9.17) is 14.2 Å². The molecule has 1 aliphatic heterocycles. The summed E-state index contributed by atoms with van der Waals surface area (Å²) in [6.45, 7) is 1.41. The van der Waals surface area contributed by atoms with Gasteiger partial charge >= 0.3 is 11.8 Å². The van der Waals surface area contributed by atoms with Crippen LogP contribution in [0, 0.1) is 15.9 Å². The Hall–Kier alpha value is -3.46. The minimum absolute atomic E-state index is 0.231. The Labute approximate surface area is 165 Å². The topological polar surface area (TPSA) is 88.7 Å². The minimum Gasteiger partial charge on any atom is -0.491 e. The van der Waals surface area contributed by atoms with Crippen molar-refractivity contribution in [2.75, 3.05) is 19.8 Å². The average Bonchev–Trinajstić information content (AvgIpc) is 3.16. The first-order valence-electron chi connectivity index (χ1n) is 9.03. The van der Waals surface area contributed by atoms with Gasteiger partial charge in [0.25, 0.3) is 0 Å².